The summed E-state index contributed by atoms with van der Waals surface area (Å²) in [5.74, 6) is -1.02. The van der Waals surface area contributed by atoms with E-state index in [-0.39, 0.29) is 28.3 Å². The van der Waals surface area contributed by atoms with Crippen LogP contribution in [0.15, 0.2) is 30.3 Å². The summed E-state index contributed by atoms with van der Waals surface area (Å²) in [6.07, 6.45) is 0.203. The Labute approximate surface area is 151 Å². The topological polar surface area (TPSA) is 58.4 Å². The maximum atomic E-state index is 14.3. The number of halogens is 2. The monoisotopic (exact) mass is 360 g/mol. The third kappa shape index (κ3) is 1.77. The summed E-state index contributed by atoms with van der Waals surface area (Å²) in [6, 6.07) is 5.52. The average molecular weight is 361 g/mol. The maximum Gasteiger partial charge on any atom is 0.254 e. The second kappa shape index (κ2) is 4.73. The molecule has 3 aromatic rings. The first-order valence-corrected chi connectivity index (χ1v) is 8.08. The van der Waals surface area contributed by atoms with E-state index in [2.05, 4.69) is 4.98 Å². The zero-order valence-corrected chi connectivity index (χ0v) is 13.5. The number of phenolic OH excluding ortho intramolecular Hbond substituents is 1. The van der Waals surface area contributed by atoms with Crippen molar-refractivity contribution in [3.63, 3.8) is 0 Å². The number of carbonyl (C=O) groups excluding carboxylic acids is 1. The Bertz CT molecular complexity index is 1180. The van der Waals surface area contributed by atoms with Crippen molar-refractivity contribution >= 4 is 28.5 Å². The lowest BCUT2D eigenvalue weighted by atomic mass is 9.98. The first kappa shape index (κ1) is 11.9. The van der Waals surface area contributed by atoms with Crippen LogP contribution >= 0.6 is 11.6 Å². The van der Waals surface area contributed by atoms with Crippen molar-refractivity contribution in [2.45, 2.75) is 18.5 Å². The van der Waals surface area contributed by atoms with Gasteiger partial charge >= 0.3 is 0 Å². The Hall–Kier alpha value is -2.60. The van der Waals surface area contributed by atoms with Crippen LogP contribution in [0.5, 0.6) is 5.75 Å². The normalized spacial score (nSPS) is 23.7. The number of imidazole rings is 1. The summed E-state index contributed by atoms with van der Waals surface area (Å²) >= 11 is 6.25. The van der Waals surface area contributed by atoms with Crippen LogP contribution in [0.3, 0.4) is 0 Å². The molecule has 3 heterocycles. The Kier molecular flexibility index (Phi) is 2.24. The highest BCUT2D eigenvalue weighted by molar-refractivity contribution is 6.32. The van der Waals surface area contributed by atoms with Gasteiger partial charge in [-0.2, -0.15) is 0 Å². The number of aromatic hydroxyl groups is 1. The number of carbonyl (C=O) groups is 1. The molecule has 126 valence electrons. The zero-order chi connectivity index (χ0) is 20.0. The number of hydrogen-bond donors (Lipinski definition) is 1. The standard InChI is InChI=1S/C18H13ClFN3O2/c1-22-14-7-13(15-9(18(22)25)3-4-10(20)16(15)19)23-12-6-8(24)2-5-11(12)21-17(14)23/h2-6,13-14,24H,7H2,1H3/t13-,14-/m1/s1/i1D3. The highest BCUT2D eigenvalue weighted by atomic mass is 35.5. The molecule has 0 radical (unpaired) electrons. The molecular weight excluding hydrogens is 345 g/mol. The fourth-order valence-electron chi connectivity index (χ4n) is 3.90. The highest BCUT2D eigenvalue weighted by Gasteiger charge is 2.44. The van der Waals surface area contributed by atoms with Gasteiger partial charge in [0.25, 0.3) is 5.91 Å². The van der Waals surface area contributed by atoms with Crippen LogP contribution in [-0.2, 0) is 0 Å². The first-order chi connectivity index (χ1) is 13.2. The lowest BCUT2D eigenvalue weighted by Gasteiger charge is -2.24. The Balaban J connectivity index is 1.90. The van der Waals surface area contributed by atoms with Crippen molar-refractivity contribution in [2.75, 3.05) is 6.98 Å². The third-order valence-corrected chi connectivity index (χ3v) is 5.37. The number of hydrogen-bond acceptors (Lipinski definition) is 3. The summed E-state index contributed by atoms with van der Waals surface area (Å²) < 4.78 is 39.7. The third-order valence-electron chi connectivity index (χ3n) is 4.98. The second-order valence-corrected chi connectivity index (χ2v) is 6.66. The predicted molar refractivity (Wildman–Crippen MR) is 90.4 cm³/mol. The quantitative estimate of drug-likeness (QED) is 0.665. The van der Waals surface area contributed by atoms with Crippen molar-refractivity contribution in [1.82, 2.24) is 14.5 Å². The molecular formula is C18H13ClFN3O2. The van der Waals surface area contributed by atoms with Crippen molar-refractivity contribution in [3.8, 4) is 5.75 Å². The van der Waals surface area contributed by atoms with Gasteiger partial charge in [0.2, 0.25) is 0 Å². The molecule has 1 aromatic heterocycles. The van der Waals surface area contributed by atoms with Crippen LogP contribution in [0.1, 0.15) is 44.4 Å². The zero-order valence-electron chi connectivity index (χ0n) is 15.7. The van der Waals surface area contributed by atoms with E-state index in [0.29, 0.717) is 16.9 Å². The van der Waals surface area contributed by atoms with Gasteiger partial charge in [-0.15, -0.1) is 0 Å². The van der Waals surface area contributed by atoms with E-state index in [1.54, 1.807) is 10.6 Å². The molecule has 2 bridgehead atoms. The number of nitrogens with zero attached hydrogens (tertiary/aromatic N) is 3. The summed E-state index contributed by atoms with van der Waals surface area (Å²) in [5, 5.41) is 9.70. The molecule has 0 unspecified atom stereocenters. The van der Waals surface area contributed by atoms with Gasteiger partial charge in [0, 0.05) is 34.7 Å². The summed E-state index contributed by atoms with van der Waals surface area (Å²) in [5.41, 5.74) is 1.40. The molecule has 2 aromatic carbocycles. The van der Waals surface area contributed by atoms with Crippen LogP contribution in [0.25, 0.3) is 11.0 Å². The van der Waals surface area contributed by atoms with E-state index in [4.69, 9.17) is 15.7 Å². The minimum absolute atomic E-state index is 0.0174. The molecule has 0 saturated heterocycles. The molecule has 25 heavy (non-hydrogen) atoms. The van der Waals surface area contributed by atoms with Gasteiger partial charge in [-0.1, -0.05) is 11.6 Å². The minimum atomic E-state index is -2.72. The van der Waals surface area contributed by atoms with E-state index in [1.807, 2.05) is 0 Å². The first-order valence-electron chi connectivity index (χ1n) is 9.21. The molecule has 2 atom stereocenters. The number of aromatic nitrogens is 2. The smallest absolute Gasteiger partial charge is 0.254 e. The van der Waals surface area contributed by atoms with Crippen LogP contribution < -0.4 is 0 Å². The molecule has 1 N–H and O–H groups in total. The molecule has 7 heteroatoms. The molecule has 1 amide bonds. The molecule has 0 fully saturated rings. The van der Waals surface area contributed by atoms with Crippen LogP contribution in [0.4, 0.5) is 4.39 Å². The van der Waals surface area contributed by atoms with Crippen molar-refractivity contribution < 1.29 is 18.4 Å². The molecule has 0 saturated carbocycles. The van der Waals surface area contributed by atoms with E-state index < -0.39 is 30.8 Å². The van der Waals surface area contributed by atoms with E-state index in [9.17, 15) is 14.3 Å². The Morgan fingerprint density at radius 2 is 2.20 bits per heavy atom. The number of phenols is 1. The van der Waals surface area contributed by atoms with Gasteiger partial charge in [0.05, 0.1) is 28.1 Å². The maximum absolute atomic E-state index is 14.3. The van der Waals surface area contributed by atoms with Crippen molar-refractivity contribution in [2.24, 2.45) is 0 Å². The van der Waals surface area contributed by atoms with Gasteiger partial charge in [0.15, 0.2) is 0 Å². The minimum Gasteiger partial charge on any atom is -0.508 e. The average Bonchev–Trinajstić information content (AvgIpc) is 3.09. The lowest BCUT2D eigenvalue weighted by molar-refractivity contribution is 0.0734. The van der Waals surface area contributed by atoms with Gasteiger partial charge in [-0.3, -0.25) is 4.79 Å². The summed E-state index contributed by atoms with van der Waals surface area (Å²) in [4.78, 5) is 18.5. The SMILES string of the molecule is [2H]C([2H])([2H])N1C(=O)c2ccc(F)c(Cl)c2[C@H]2C[C@@H]1c1nc3ccc(O)cc3n12. The van der Waals surface area contributed by atoms with Crippen LogP contribution in [0, 0.1) is 5.82 Å². The van der Waals surface area contributed by atoms with Gasteiger partial charge in [0.1, 0.15) is 17.4 Å². The van der Waals surface area contributed by atoms with Crippen LogP contribution in [0.2, 0.25) is 5.02 Å². The largest absolute Gasteiger partial charge is 0.508 e. The molecule has 5 rings (SSSR count). The second-order valence-electron chi connectivity index (χ2n) is 6.28. The number of rotatable bonds is 0. The molecule has 2 aliphatic heterocycles. The number of fused-ring (bicyclic) bond motifs is 9. The molecule has 2 aliphatic rings. The highest BCUT2D eigenvalue weighted by Crippen LogP contribution is 2.49. The molecule has 0 aliphatic carbocycles. The van der Waals surface area contributed by atoms with Crippen molar-refractivity contribution in [1.29, 1.82) is 0 Å². The molecule has 5 nitrogen and oxygen atoms in total. The predicted octanol–water partition coefficient (Wildman–Crippen LogP) is 3.65. The lowest BCUT2D eigenvalue weighted by Crippen LogP contribution is -2.30. The van der Waals surface area contributed by atoms with Gasteiger partial charge < -0.3 is 14.6 Å². The Morgan fingerprint density at radius 1 is 1.36 bits per heavy atom. The van der Waals surface area contributed by atoms with E-state index in [0.717, 1.165) is 11.0 Å². The van der Waals surface area contributed by atoms with Crippen molar-refractivity contribution in [3.05, 3.63) is 58.1 Å². The molecule has 0 spiro atoms. The van der Waals surface area contributed by atoms with Crippen LogP contribution in [-0.4, -0.2) is 32.4 Å². The fraction of sp³-hybridized carbons (Fsp3) is 0.222. The number of amides is 1. The summed E-state index contributed by atoms with van der Waals surface area (Å²) in [6.45, 7) is -2.72. The number of benzene rings is 2. The summed E-state index contributed by atoms with van der Waals surface area (Å²) in [7, 11) is 0. The van der Waals surface area contributed by atoms with Gasteiger partial charge in [-0.25, -0.2) is 9.37 Å². The Morgan fingerprint density at radius 3 is 3.00 bits per heavy atom. The van der Waals surface area contributed by atoms with E-state index in [1.165, 1.54) is 18.2 Å². The fourth-order valence-corrected chi connectivity index (χ4v) is 4.19. The van der Waals surface area contributed by atoms with Gasteiger partial charge in [-0.05, 0) is 24.3 Å². The van der Waals surface area contributed by atoms with E-state index >= 15 is 0 Å².